The molecular formula is C14H13N3O3. The maximum atomic E-state index is 11.9. The number of nitriles is 1. The van der Waals surface area contributed by atoms with E-state index in [9.17, 15) is 9.59 Å². The zero-order valence-electron chi connectivity index (χ0n) is 10.9. The molecule has 1 amide bonds. The Labute approximate surface area is 116 Å². The Kier molecular flexibility index (Phi) is 4.01. The van der Waals surface area contributed by atoms with Gasteiger partial charge in [-0.2, -0.15) is 5.26 Å². The molecule has 0 aromatic heterocycles. The van der Waals surface area contributed by atoms with Crippen molar-refractivity contribution >= 4 is 23.3 Å². The molecule has 0 saturated carbocycles. The first kappa shape index (κ1) is 13.6. The fourth-order valence-electron chi connectivity index (χ4n) is 1.72. The van der Waals surface area contributed by atoms with Crippen molar-refractivity contribution in [2.75, 3.05) is 17.2 Å². The highest BCUT2D eigenvalue weighted by Crippen LogP contribution is 2.28. The molecule has 2 N–H and O–H groups in total. The number of carbonyl (C=O) groups is 2. The molecule has 20 heavy (non-hydrogen) atoms. The van der Waals surface area contributed by atoms with Crippen LogP contribution in [0, 0.1) is 11.3 Å². The number of esters is 1. The summed E-state index contributed by atoms with van der Waals surface area (Å²) in [6.07, 6.45) is 0.641. The Hall–Kier alpha value is -2.81. The summed E-state index contributed by atoms with van der Waals surface area (Å²) < 4.78 is 4.89. The largest absolute Gasteiger partial charge is 0.462 e. The number of fused-ring (bicyclic) bond motifs is 1. The molecule has 0 fully saturated rings. The van der Waals surface area contributed by atoms with Crippen molar-refractivity contribution in [2.24, 2.45) is 0 Å². The van der Waals surface area contributed by atoms with Crippen molar-refractivity contribution < 1.29 is 14.3 Å². The quantitative estimate of drug-likeness (QED) is 0.496. The van der Waals surface area contributed by atoms with E-state index in [0.717, 1.165) is 0 Å². The maximum Gasteiger partial charge on any atom is 0.351 e. The van der Waals surface area contributed by atoms with Gasteiger partial charge in [-0.05, 0) is 18.6 Å². The van der Waals surface area contributed by atoms with Crippen LogP contribution in [0.25, 0.3) is 0 Å². The van der Waals surface area contributed by atoms with E-state index in [1.165, 1.54) is 0 Å². The minimum Gasteiger partial charge on any atom is -0.462 e. The van der Waals surface area contributed by atoms with E-state index in [0.29, 0.717) is 17.8 Å². The van der Waals surface area contributed by atoms with Gasteiger partial charge in [-0.1, -0.05) is 19.1 Å². The lowest BCUT2D eigenvalue weighted by Gasteiger charge is -2.21. The van der Waals surface area contributed by atoms with E-state index in [1.54, 1.807) is 30.3 Å². The predicted octanol–water partition coefficient (Wildman–Crippen LogP) is 1.78. The third-order valence-electron chi connectivity index (χ3n) is 2.67. The SMILES string of the molecule is CCCOC(=O)/C(C#N)=C1\Nc2ccccc2NC1=O. The van der Waals surface area contributed by atoms with Crippen LogP contribution in [-0.2, 0) is 14.3 Å². The number of hydrogen-bond donors (Lipinski definition) is 2. The van der Waals surface area contributed by atoms with Gasteiger partial charge in [-0.3, -0.25) is 4.79 Å². The molecule has 1 aliphatic heterocycles. The molecule has 1 aromatic rings. The van der Waals surface area contributed by atoms with Gasteiger partial charge in [0.15, 0.2) is 5.57 Å². The van der Waals surface area contributed by atoms with Crippen LogP contribution in [0.5, 0.6) is 0 Å². The van der Waals surface area contributed by atoms with Gasteiger partial charge in [0.05, 0.1) is 18.0 Å². The fourth-order valence-corrected chi connectivity index (χ4v) is 1.72. The minimum absolute atomic E-state index is 0.0905. The first-order valence-electron chi connectivity index (χ1n) is 6.16. The number of anilines is 2. The van der Waals surface area contributed by atoms with Gasteiger partial charge in [0.1, 0.15) is 11.8 Å². The number of benzene rings is 1. The van der Waals surface area contributed by atoms with Gasteiger partial charge in [-0.25, -0.2) is 4.79 Å². The molecule has 1 aromatic carbocycles. The molecule has 102 valence electrons. The van der Waals surface area contributed by atoms with Crippen molar-refractivity contribution in [3.8, 4) is 6.07 Å². The second-order valence-corrected chi connectivity index (χ2v) is 4.12. The van der Waals surface area contributed by atoms with Gasteiger partial charge in [0.2, 0.25) is 0 Å². The van der Waals surface area contributed by atoms with Crippen LogP contribution in [0.4, 0.5) is 11.4 Å². The zero-order chi connectivity index (χ0) is 14.5. The highest BCUT2D eigenvalue weighted by Gasteiger charge is 2.27. The number of hydrogen-bond acceptors (Lipinski definition) is 5. The van der Waals surface area contributed by atoms with Gasteiger partial charge in [0.25, 0.3) is 5.91 Å². The van der Waals surface area contributed by atoms with E-state index in [1.807, 2.05) is 6.92 Å². The monoisotopic (exact) mass is 271 g/mol. The molecular weight excluding hydrogens is 258 g/mol. The predicted molar refractivity (Wildman–Crippen MR) is 72.6 cm³/mol. The Balaban J connectivity index is 2.35. The summed E-state index contributed by atoms with van der Waals surface area (Å²) in [6.45, 7) is 2.05. The van der Waals surface area contributed by atoms with Crippen molar-refractivity contribution in [3.05, 3.63) is 35.5 Å². The molecule has 6 heteroatoms. The van der Waals surface area contributed by atoms with Gasteiger partial charge >= 0.3 is 5.97 Å². The van der Waals surface area contributed by atoms with E-state index in [2.05, 4.69) is 10.6 Å². The number of nitrogens with zero attached hydrogens (tertiary/aromatic N) is 1. The summed E-state index contributed by atoms with van der Waals surface area (Å²) in [7, 11) is 0. The Bertz CT molecular complexity index is 629. The minimum atomic E-state index is -0.800. The van der Waals surface area contributed by atoms with Crippen LogP contribution in [-0.4, -0.2) is 18.5 Å². The Morgan fingerprint density at radius 1 is 1.30 bits per heavy atom. The standard InChI is InChI=1S/C14H13N3O3/c1-2-7-20-14(19)9(8-15)12-13(18)17-11-6-4-3-5-10(11)16-12/h3-6,16H,2,7H2,1H3,(H,17,18)/b12-9-. The molecule has 2 rings (SSSR count). The molecule has 0 aliphatic carbocycles. The average molecular weight is 271 g/mol. The van der Waals surface area contributed by atoms with Crippen LogP contribution in [0.3, 0.4) is 0 Å². The molecule has 0 spiro atoms. The first-order chi connectivity index (χ1) is 9.67. The Morgan fingerprint density at radius 2 is 1.95 bits per heavy atom. The highest BCUT2D eigenvalue weighted by atomic mass is 16.5. The molecule has 1 heterocycles. The summed E-state index contributed by atoms with van der Waals surface area (Å²) >= 11 is 0. The van der Waals surface area contributed by atoms with E-state index < -0.39 is 11.9 Å². The lowest BCUT2D eigenvalue weighted by molar-refractivity contribution is -0.138. The van der Waals surface area contributed by atoms with Crippen LogP contribution >= 0.6 is 0 Å². The molecule has 0 atom stereocenters. The third kappa shape index (κ3) is 2.62. The summed E-state index contributed by atoms with van der Waals surface area (Å²) in [6, 6.07) is 8.74. The molecule has 0 unspecified atom stereocenters. The number of para-hydroxylation sites is 2. The maximum absolute atomic E-state index is 11.9. The smallest absolute Gasteiger partial charge is 0.351 e. The van der Waals surface area contributed by atoms with Crippen LogP contribution in [0.1, 0.15) is 13.3 Å². The van der Waals surface area contributed by atoms with Gasteiger partial charge in [0, 0.05) is 0 Å². The highest BCUT2D eigenvalue weighted by molar-refractivity contribution is 6.15. The van der Waals surface area contributed by atoms with E-state index in [4.69, 9.17) is 10.00 Å². The lowest BCUT2D eigenvalue weighted by atomic mass is 10.1. The fraction of sp³-hybridized carbons (Fsp3) is 0.214. The van der Waals surface area contributed by atoms with Crippen LogP contribution in [0.15, 0.2) is 35.5 Å². The van der Waals surface area contributed by atoms with Crippen molar-refractivity contribution in [2.45, 2.75) is 13.3 Å². The van der Waals surface area contributed by atoms with Crippen molar-refractivity contribution in [3.63, 3.8) is 0 Å². The first-order valence-corrected chi connectivity index (χ1v) is 6.16. The summed E-state index contributed by atoms with van der Waals surface area (Å²) in [5, 5.41) is 14.5. The Morgan fingerprint density at radius 3 is 2.55 bits per heavy atom. The average Bonchev–Trinajstić information content (AvgIpc) is 2.46. The second kappa shape index (κ2) is 5.89. The third-order valence-corrected chi connectivity index (χ3v) is 2.67. The van der Waals surface area contributed by atoms with Crippen molar-refractivity contribution in [1.82, 2.24) is 0 Å². The van der Waals surface area contributed by atoms with Crippen LogP contribution in [0.2, 0.25) is 0 Å². The summed E-state index contributed by atoms with van der Waals surface area (Å²) in [5.74, 6) is -1.33. The normalized spacial score (nSPS) is 15.3. The van der Waals surface area contributed by atoms with E-state index >= 15 is 0 Å². The number of rotatable bonds is 3. The van der Waals surface area contributed by atoms with E-state index in [-0.39, 0.29) is 17.9 Å². The topological polar surface area (TPSA) is 91.2 Å². The van der Waals surface area contributed by atoms with Crippen LogP contribution < -0.4 is 10.6 Å². The van der Waals surface area contributed by atoms with Crippen molar-refractivity contribution in [1.29, 1.82) is 5.26 Å². The van der Waals surface area contributed by atoms with Gasteiger partial charge < -0.3 is 15.4 Å². The second-order valence-electron chi connectivity index (χ2n) is 4.12. The number of ether oxygens (including phenoxy) is 1. The lowest BCUT2D eigenvalue weighted by Crippen LogP contribution is -2.28. The zero-order valence-corrected chi connectivity index (χ0v) is 10.9. The summed E-state index contributed by atoms with van der Waals surface area (Å²) in [5.41, 5.74) is 0.802. The number of carbonyl (C=O) groups excluding carboxylic acids is 2. The molecule has 6 nitrogen and oxygen atoms in total. The summed E-state index contributed by atoms with van der Waals surface area (Å²) in [4.78, 5) is 23.7. The molecule has 0 radical (unpaired) electrons. The molecule has 1 aliphatic rings. The number of amides is 1. The molecule has 0 bridgehead atoms. The van der Waals surface area contributed by atoms with Gasteiger partial charge in [-0.15, -0.1) is 0 Å². The molecule has 0 saturated heterocycles. The number of nitrogens with one attached hydrogen (secondary N) is 2.